The summed E-state index contributed by atoms with van der Waals surface area (Å²) in [6, 6.07) is 10.9. The predicted molar refractivity (Wildman–Crippen MR) is 109 cm³/mol. The predicted octanol–water partition coefficient (Wildman–Crippen LogP) is 1.96. The van der Waals surface area contributed by atoms with E-state index in [0.717, 1.165) is 36.5 Å². The van der Waals surface area contributed by atoms with Crippen molar-refractivity contribution in [2.75, 3.05) is 50.0 Å². The van der Waals surface area contributed by atoms with Crippen LogP contribution in [0.4, 0.5) is 11.5 Å². The average molecular weight is 432 g/mol. The van der Waals surface area contributed by atoms with E-state index in [9.17, 15) is 9.59 Å². The first kappa shape index (κ1) is 19.3. The lowest BCUT2D eigenvalue weighted by molar-refractivity contribution is -0.117. The Kier molecular flexibility index (Phi) is 6.41. The first-order valence-corrected chi connectivity index (χ1v) is 9.55. The Balaban J connectivity index is 1.49. The second-order valence-corrected chi connectivity index (χ2v) is 7.22. The molecule has 0 bridgehead atoms. The number of amides is 2. The van der Waals surface area contributed by atoms with Gasteiger partial charge in [-0.05, 0) is 46.3 Å². The number of carbonyl (C=O) groups is 2. The fraction of sp³-hybridized carbons (Fsp3) is 0.316. The summed E-state index contributed by atoms with van der Waals surface area (Å²) in [4.78, 5) is 32.8. The summed E-state index contributed by atoms with van der Waals surface area (Å²) in [6.45, 7) is 3.57. The van der Waals surface area contributed by atoms with Crippen molar-refractivity contribution in [2.24, 2.45) is 0 Å². The van der Waals surface area contributed by atoms with Gasteiger partial charge in [0.05, 0.1) is 6.54 Å². The van der Waals surface area contributed by atoms with Crippen molar-refractivity contribution in [3.8, 4) is 0 Å². The average Bonchev–Trinajstić information content (AvgIpc) is 2.69. The number of anilines is 2. The molecule has 0 radical (unpaired) electrons. The Morgan fingerprint density at radius 1 is 1.15 bits per heavy atom. The van der Waals surface area contributed by atoms with Gasteiger partial charge < -0.3 is 15.5 Å². The van der Waals surface area contributed by atoms with Crippen LogP contribution in [0.2, 0.25) is 0 Å². The van der Waals surface area contributed by atoms with Crippen LogP contribution in [0.15, 0.2) is 47.1 Å². The van der Waals surface area contributed by atoms with E-state index in [1.807, 2.05) is 12.1 Å². The molecule has 8 heteroatoms. The quantitative estimate of drug-likeness (QED) is 0.756. The van der Waals surface area contributed by atoms with Crippen molar-refractivity contribution in [3.05, 3.63) is 52.6 Å². The summed E-state index contributed by atoms with van der Waals surface area (Å²) < 4.78 is 0.960. The molecule has 3 rings (SSSR count). The van der Waals surface area contributed by atoms with Crippen LogP contribution in [-0.2, 0) is 4.79 Å². The molecule has 2 heterocycles. The van der Waals surface area contributed by atoms with Crippen LogP contribution in [0.1, 0.15) is 10.4 Å². The maximum absolute atomic E-state index is 12.3. The molecule has 0 aliphatic carbocycles. The molecule has 1 saturated heterocycles. The van der Waals surface area contributed by atoms with E-state index in [-0.39, 0.29) is 11.8 Å². The van der Waals surface area contributed by atoms with Crippen LogP contribution >= 0.6 is 15.9 Å². The zero-order valence-corrected chi connectivity index (χ0v) is 16.7. The maximum atomic E-state index is 12.3. The van der Waals surface area contributed by atoms with Gasteiger partial charge in [0.25, 0.3) is 5.91 Å². The van der Waals surface area contributed by atoms with Gasteiger partial charge in [0, 0.05) is 55.1 Å². The van der Waals surface area contributed by atoms with Gasteiger partial charge in [0.2, 0.25) is 5.91 Å². The summed E-state index contributed by atoms with van der Waals surface area (Å²) in [6.07, 6.45) is 1.79. The fourth-order valence-corrected chi connectivity index (χ4v) is 3.21. The minimum Gasteiger partial charge on any atom is -0.355 e. The Morgan fingerprint density at radius 2 is 1.93 bits per heavy atom. The second-order valence-electron chi connectivity index (χ2n) is 6.31. The highest BCUT2D eigenvalue weighted by Gasteiger charge is 2.20. The number of piperazine rings is 1. The molecule has 142 valence electrons. The molecular weight excluding hydrogens is 410 g/mol. The molecule has 1 aromatic heterocycles. The summed E-state index contributed by atoms with van der Waals surface area (Å²) >= 11 is 3.39. The number of benzene rings is 1. The minimum atomic E-state index is -0.177. The number of aromatic nitrogens is 1. The number of nitrogens with zero attached hydrogens (tertiary/aromatic N) is 3. The molecule has 1 aliphatic heterocycles. The zero-order valence-electron chi connectivity index (χ0n) is 15.1. The lowest BCUT2D eigenvalue weighted by atomic mass is 10.2. The van der Waals surface area contributed by atoms with Crippen LogP contribution in [0.25, 0.3) is 0 Å². The highest BCUT2D eigenvalue weighted by molar-refractivity contribution is 9.10. The van der Waals surface area contributed by atoms with Crippen molar-refractivity contribution in [1.82, 2.24) is 15.2 Å². The van der Waals surface area contributed by atoms with Crippen molar-refractivity contribution >= 4 is 39.2 Å². The largest absolute Gasteiger partial charge is 0.355 e. The Bertz CT molecular complexity index is 804. The van der Waals surface area contributed by atoms with E-state index in [4.69, 9.17) is 0 Å². The fourth-order valence-electron chi connectivity index (χ4n) is 2.98. The van der Waals surface area contributed by atoms with E-state index >= 15 is 0 Å². The number of carbonyl (C=O) groups excluding carboxylic acids is 2. The minimum absolute atomic E-state index is 0.0840. The monoisotopic (exact) mass is 431 g/mol. The van der Waals surface area contributed by atoms with Crippen molar-refractivity contribution in [3.63, 3.8) is 0 Å². The molecule has 0 saturated carbocycles. The van der Waals surface area contributed by atoms with Crippen LogP contribution in [0, 0.1) is 0 Å². The van der Waals surface area contributed by atoms with Crippen molar-refractivity contribution in [1.29, 1.82) is 0 Å². The van der Waals surface area contributed by atoms with Gasteiger partial charge >= 0.3 is 0 Å². The Hall–Kier alpha value is -2.45. The molecule has 7 nitrogen and oxygen atoms in total. The van der Waals surface area contributed by atoms with E-state index in [0.29, 0.717) is 17.8 Å². The van der Waals surface area contributed by atoms with Gasteiger partial charge in [0.15, 0.2) is 0 Å². The van der Waals surface area contributed by atoms with Crippen molar-refractivity contribution < 1.29 is 9.59 Å². The molecule has 0 spiro atoms. The third-order valence-electron chi connectivity index (χ3n) is 4.41. The highest BCUT2D eigenvalue weighted by Crippen LogP contribution is 2.16. The topological polar surface area (TPSA) is 77.6 Å². The molecule has 2 amide bonds. The normalized spacial score (nSPS) is 14.7. The highest BCUT2D eigenvalue weighted by atomic mass is 79.9. The Morgan fingerprint density at radius 3 is 2.59 bits per heavy atom. The van der Waals surface area contributed by atoms with Crippen LogP contribution in [0.3, 0.4) is 0 Å². The van der Waals surface area contributed by atoms with Crippen LogP contribution in [0.5, 0.6) is 0 Å². The molecule has 27 heavy (non-hydrogen) atoms. The molecule has 1 aromatic carbocycles. The second kappa shape index (κ2) is 8.96. The van der Waals surface area contributed by atoms with Gasteiger partial charge in [0.1, 0.15) is 5.82 Å². The van der Waals surface area contributed by atoms with E-state index in [1.54, 1.807) is 37.5 Å². The SMILES string of the molecule is CNC(=O)c1cccc(NC(=O)CN2CCN(c3ccc(Br)cn3)CC2)c1. The van der Waals surface area contributed by atoms with E-state index < -0.39 is 0 Å². The first-order chi connectivity index (χ1) is 13.0. The number of pyridine rings is 1. The number of nitrogens with one attached hydrogen (secondary N) is 2. The van der Waals surface area contributed by atoms with Gasteiger partial charge in [-0.15, -0.1) is 0 Å². The van der Waals surface area contributed by atoms with Gasteiger partial charge in [-0.1, -0.05) is 6.07 Å². The summed E-state index contributed by atoms with van der Waals surface area (Å²) in [5.41, 5.74) is 1.14. The lowest BCUT2D eigenvalue weighted by Gasteiger charge is -2.35. The summed E-state index contributed by atoms with van der Waals surface area (Å²) in [5.74, 6) is 0.691. The van der Waals surface area contributed by atoms with E-state index in [2.05, 4.69) is 41.3 Å². The number of hydrogen-bond acceptors (Lipinski definition) is 5. The molecule has 1 fully saturated rings. The zero-order chi connectivity index (χ0) is 19.2. The summed E-state index contributed by atoms with van der Waals surface area (Å²) in [5, 5.41) is 5.44. The Labute approximate surface area is 166 Å². The van der Waals surface area contributed by atoms with Gasteiger partial charge in [-0.2, -0.15) is 0 Å². The smallest absolute Gasteiger partial charge is 0.251 e. The lowest BCUT2D eigenvalue weighted by Crippen LogP contribution is -2.48. The number of hydrogen-bond donors (Lipinski definition) is 2. The molecule has 0 unspecified atom stereocenters. The first-order valence-electron chi connectivity index (χ1n) is 8.76. The van der Waals surface area contributed by atoms with Crippen molar-refractivity contribution in [2.45, 2.75) is 0 Å². The third kappa shape index (κ3) is 5.27. The van der Waals surface area contributed by atoms with Crippen LogP contribution < -0.4 is 15.5 Å². The maximum Gasteiger partial charge on any atom is 0.251 e. The third-order valence-corrected chi connectivity index (χ3v) is 4.88. The van der Waals surface area contributed by atoms with Crippen LogP contribution in [-0.4, -0.2) is 61.5 Å². The molecule has 0 atom stereocenters. The number of halogens is 1. The molecule has 2 N–H and O–H groups in total. The number of rotatable bonds is 5. The van der Waals surface area contributed by atoms with E-state index in [1.165, 1.54) is 0 Å². The molecule has 1 aliphatic rings. The van der Waals surface area contributed by atoms with Gasteiger partial charge in [-0.25, -0.2) is 4.98 Å². The molecule has 2 aromatic rings. The standard InChI is InChI=1S/C19H22BrN5O2/c1-21-19(27)14-3-2-4-16(11-14)23-18(26)13-24-7-9-25(10-8-24)17-6-5-15(20)12-22-17/h2-6,11-12H,7-10,13H2,1H3,(H,21,27)(H,23,26). The van der Waals surface area contributed by atoms with Gasteiger partial charge in [-0.3, -0.25) is 14.5 Å². The summed E-state index contributed by atoms with van der Waals surface area (Å²) in [7, 11) is 1.58. The molecular formula is C19H22BrN5O2.